The highest BCUT2D eigenvalue weighted by molar-refractivity contribution is 6.02. The number of ether oxygens (including phenoxy) is 1. The Balaban J connectivity index is 2.07. The average Bonchev–Trinajstić information content (AvgIpc) is 2.61. The number of ketones is 1. The van der Waals surface area contributed by atoms with Crippen molar-refractivity contribution in [3.05, 3.63) is 60.2 Å². The van der Waals surface area contributed by atoms with E-state index < -0.39 is 17.4 Å². The van der Waals surface area contributed by atoms with Gasteiger partial charge < -0.3 is 9.84 Å². The standard InChI is InChI=1S/C20H22O4/c1-3-24-18(21)13-14-20(2,23)19(22)17-11-9-16(10-12-17)15-7-5-4-6-8-15/h4-12,23H,3,13-14H2,1-2H3. The van der Waals surface area contributed by atoms with Gasteiger partial charge in [0, 0.05) is 12.0 Å². The van der Waals surface area contributed by atoms with Crippen LogP contribution in [-0.4, -0.2) is 29.1 Å². The van der Waals surface area contributed by atoms with Crippen molar-refractivity contribution in [1.82, 2.24) is 0 Å². The van der Waals surface area contributed by atoms with E-state index in [1.807, 2.05) is 42.5 Å². The third kappa shape index (κ3) is 4.52. The predicted molar refractivity (Wildman–Crippen MR) is 92.7 cm³/mol. The van der Waals surface area contributed by atoms with Crippen molar-refractivity contribution >= 4 is 11.8 Å². The molecule has 4 nitrogen and oxygen atoms in total. The number of Topliss-reactive ketones (excluding diaryl/α,β-unsaturated/α-hetero) is 1. The molecule has 2 rings (SSSR count). The van der Waals surface area contributed by atoms with E-state index in [0.717, 1.165) is 11.1 Å². The maximum Gasteiger partial charge on any atom is 0.305 e. The van der Waals surface area contributed by atoms with E-state index in [9.17, 15) is 14.7 Å². The molecule has 0 aliphatic heterocycles. The lowest BCUT2D eigenvalue weighted by molar-refractivity contribution is -0.144. The maximum atomic E-state index is 12.5. The number of esters is 1. The second-order valence-corrected chi connectivity index (χ2v) is 5.85. The molecule has 126 valence electrons. The van der Waals surface area contributed by atoms with Crippen LogP contribution in [0.25, 0.3) is 11.1 Å². The summed E-state index contributed by atoms with van der Waals surface area (Å²) in [6, 6.07) is 16.9. The summed E-state index contributed by atoms with van der Waals surface area (Å²) in [5.74, 6) is -0.809. The zero-order valence-electron chi connectivity index (χ0n) is 14.0. The van der Waals surface area contributed by atoms with Gasteiger partial charge in [0.1, 0.15) is 5.60 Å². The highest BCUT2D eigenvalue weighted by Crippen LogP contribution is 2.23. The van der Waals surface area contributed by atoms with Gasteiger partial charge in [-0.1, -0.05) is 54.6 Å². The Bertz CT molecular complexity index is 687. The number of hydrogen-bond acceptors (Lipinski definition) is 4. The van der Waals surface area contributed by atoms with Crippen molar-refractivity contribution < 1.29 is 19.4 Å². The zero-order chi connectivity index (χ0) is 17.6. The molecule has 0 saturated heterocycles. The number of aliphatic hydroxyl groups is 1. The molecule has 24 heavy (non-hydrogen) atoms. The van der Waals surface area contributed by atoms with Gasteiger partial charge >= 0.3 is 5.97 Å². The van der Waals surface area contributed by atoms with Gasteiger partial charge in [-0.15, -0.1) is 0 Å². The fourth-order valence-corrected chi connectivity index (χ4v) is 2.45. The Labute approximate surface area is 142 Å². The fraction of sp³-hybridized carbons (Fsp3) is 0.300. The van der Waals surface area contributed by atoms with E-state index in [1.54, 1.807) is 19.1 Å². The predicted octanol–water partition coefficient (Wildman–Crippen LogP) is 3.63. The van der Waals surface area contributed by atoms with Gasteiger partial charge in [0.15, 0.2) is 5.78 Å². The molecule has 1 unspecified atom stereocenters. The SMILES string of the molecule is CCOC(=O)CCC(C)(O)C(=O)c1ccc(-c2ccccc2)cc1. The topological polar surface area (TPSA) is 63.6 Å². The minimum atomic E-state index is -1.60. The Hall–Kier alpha value is -2.46. The van der Waals surface area contributed by atoms with E-state index in [1.165, 1.54) is 6.92 Å². The number of hydrogen-bond donors (Lipinski definition) is 1. The summed E-state index contributed by atoms with van der Waals surface area (Å²) in [5, 5.41) is 10.4. The molecule has 1 atom stereocenters. The monoisotopic (exact) mass is 326 g/mol. The molecule has 0 fully saturated rings. The summed E-state index contributed by atoms with van der Waals surface area (Å²) in [6.45, 7) is 3.44. The van der Waals surface area contributed by atoms with Gasteiger partial charge in [-0.2, -0.15) is 0 Å². The zero-order valence-corrected chi connectivity index (χ0v) is 14.0. The highest BCUT2D eigenvalue weighted by atomic mass is 16.5. The smallest absolute Gasteiger partial charge is 0.305 e. The third-order valence-corrected chi connectivity index (χ3v) is 3.86. The number of carbonyl (C=O) groups excluding carboxylic acids is 2. The van der Waals surface area contributed by atoms with Crippen LogP contribution in [-0.2, 0) is 9.53 Å². The van der Waals surface area contributed by atoms with Gasteiger partial charge in [0.2, 0.25) is 0 Å². The van der Waals surface area contributed by atoms with E-state index in [0.29, 0.717) is 5.56 Å². The molecule has 0 radical (unpaired) electrons. The van der Waals surface area contributed by atoms with Crippen LogP contribution in [0.15, 0.2) is 54.6 Å². The lowest BCUT2D eigenvalue weighted by atomic mass is 9.89. The van der Waals surface area contributed by atoms with Gasteiger partial charge in [0.25, 0.3) is 0 Å². The van der Waals surface area contributed by atoms with Crippen molar-refractivity contribution in [3.8, 4) is 11.1 Å². The van der Waals surface area contributed by atoms with Crippen molar-refractivity contribution in [1.29, 1.82) is 0 Å². The highest BCUT2D eigenvalue weighted by Gasteiger charge is 2.31. The minimum absolute atomic E-state index is 0.00861. The van der Waals surface area contributed by atoms with E-state index in [4.69, 9.17) is 4.74 Å². The lowest BCUT2D eigenvalue weighted by Gasteiger charge is -2.21. The fourth-order valence-electron chi connectivity index (χ4n) is 2.45. The van der Waals surface area contributed by atoms with Crippen LogP contribution in [0.5, 0.6) is 0 Å². The largest absolute Gasteiger partial charge is 0.466 e. The second kappa shape index (κ2) is 7.88. The van der Waals surface area contributed by atoms with Crippen LogP contribution < -0.4 is 0 Å². The minimum Gasteiger partial charge on any atom is -0.466 e. The molecule has 0 aliphatic rings. The summed E-state index contributed by atoms with van der Waals surface area (Å²) in [7, 11) is 0. The molecule has 1 N–H and O–H groups in total. The summed E-state index contributed by atoms with van der Waals surface area (Å²) < 4.78 is 4.83. The van der Waals surface area contributed by atoms with Crippen molar-refractivity contribution in [2.45, 2.75) is 32.3 Å². The van der Waals surface area contributed by atoms with Crippen LogP contribution in [0, 0.1) is 0 Å². The first kappa shape index (κ1) is 17.9. The number of rotatable bonds is 7. The Morgan fingerprint density at radius 2 is 1.58 bits per heavy atom. The first-order valence-corrected chi connectivity index (χ1v) is 8.02. The Morgan fingerprint density at radius 3 is 2.17 bits per heavy atom. The summed E-state index contributed by atoms with van der Waals surface area (Å²) >= 11 is 0. The van der Waals surface area contributed by atoms with Crippen LogP contribution in [0.1, 0.15) is 37.0 Å². The van der Waals surface area contributed by atoms with Crippen molar-refractivity contribution in [2.75, 3.05) is 6.61 Å². The molecule has 2 aromatic carbocycles. The van der Waals surface area contributed by atoms with Gasteiger partial charge in [0.05, 0.1) is 6.61 Å². The van der Waals surface area contributed by atoms with Crippen LogP contribution in [0.2, 0.25) is 0 Å². The van der Waals surface area contributed by atoms with E-state index in [2.05, 4.69) is 0 Å². The van der Waals surface area contributed by atoms with E-state index >= 15 is 0 Å². The maximum absolute atomic E-state index is 12.5. The first-order valence-electron chi connectivity index (χ1n) is 8.02. The number of carbonyl (C=O) groups is 2. The van der Waals surface area contributed by atoms with Crippen LogP contribution >= 0.6 is 0 Å². The molecular formula is C20H22O4. The first-order chi connectivity index (χ1) is 11.4. The molecule has 0 aliphatic carbocycles. The van der Waals surface area contributed by atoms with E-state index in [-0.39, 0.29) is 19.4 Å². The van der Waals surface area contributed by atoms with Crippen LogP contribution in [0.3, 0.4) is 0 Å². The summed E-state index contributed by atoms with van der Waals surface area (Å²) in [4.78, 5) is 23.9. The molecular weight excluding hydrogens is 304 g/mol. The molecule has 0 saturated carbocycles. The summed E-state index contributed by atoms with van der Waals surface area (Å²) in [5.41, 5.74) is 0.883. The normalized spacial score (nSPS) is 13.1. The lowest BCUT2D eigenvalue weighted by Crippen LogP contribution is -2.35. The van der Waals surface area contributed by atoms with Gasteiger partial charge in [-0.25, -0.2) is 0 Å². The van der Waals surface area contributed by atoms with Crippen molar-refractivity contribution in [2.24, 2.45) is 0 Å². The van der Waals surface area contributed by atoms with Crippen LogP contribution in [0.4, 0.5) is 0 Å². The van der Waals surface area contributed by atoms with Crippen molar-refractivity contribution in [3.63, 3.8) is 0 Å². The molecule has 4 heteroatoms. The van der Waals surface area contributed by atoms with Gasteiger partial charge in [-0.3, -0.25) is 9.59 Å². The molecule has 0 bridgehead atoms. The number of benzene rings is 2. The second-order valence-electron chi connectivity index (χ2n) is 5.85. The summed E-state index contributed by atoms with van der Waals surface area (Å²) in [6.07, 6.45) is 0.0415. The average molecular weight is 326 g/mol. The quantitative estimate of drug-likeness (QED) is 0.623. The third-order valence-electron chi connectivity index (χ3n) is 3.86. The molecule has 0 heterocycles. The Morgan fingerprint density at radius 1 is 1.00 bits per heavy atom. The van der Waals surface area contributed by atoms with Gasteiger partial charge in [-0.05, 0) is 31.4 Å². The molecule has 2 aromatic rings. The Kier molecular flexibility index (Phi) is 5.88. The molecule has 0 aromatic heterocycles. The molecule has 0 amide bonds. The molecule has 0 spiro atoms.